The van der Waals surface area contributed by atoms with E-state index in [4.69, 9.17) is 5.26 Å². The molecule has 3 heteroatoms. The highest BCUT2D eigenvalue weighted by atomic mass is 16.1. The lowest BCUT2D eigenvalue weighted by molar-refractivity contribution is 0.0952. The van der Waals surface area contributed by atoms with Gasteiger partial charge in [-0.25, -0.2) is 0 Å². The molecule has 1 aromatic carbocycles. The molecule has 1 aromatic rings. The molecular formula is C13H14N2O. The highest BCUT2D eigenvalue weighted by Crippen LogP contribution is 2.31. The van der Waals surface area contributed by atoms with Crippen molar-refractivity contribution >= 4 is 5.91 Å². The second-order valence-electron chi connectivity index (χ2n) is 4.18. The number of nitrogens with zero attached hydrogens (tertiary/aromatic N) is 1. The summed E-state index contributed by atoms with van der Waals surface area (Å²) in [6, 6.07) is 8.72. The van der Waals surface area contributed by atoms with Crippen LogP contribution in [-0.4, -0.2) is 12.5 Å². The van der Waals surface area contributed by atoms with Crippen LogP contribution < -0.4 is 5.32 Å². The standard InChI is InChI=1S/C13H14N2O/c14-9-11-3-5-12(6-4-11)13(16)15-8-7-10-1-2-10/h3-6,10H,1-2,7-8H2,(H,15,16). The topological polar surface area (TPSA) is 52.9 Å². The Balaban J connectivity index is 1.84. The van der Waals surface area contributed by atoms with Crippen molar-refractivity contribution in [1.29, 1.82) is 5.26 Å². The third-order valence-electron chi connectivity index (χ3n) is 2.81. The molecule has 1 aliphatic rings. The van der Waals surface area contributed by atoms with Gasteiger partial charge in [-0.15, -0.1) is 0 Å². The minimum absolute atomic E-state index is 0.0508. The van der Waals surface area contributed by atoms with Crippen LogP contribution in [0.1, 0.15) is 35.2 Å². The van der Waals surface area contributed by atoms with Crippen molar-refractivity contribution in [3.05, 3.63) is 35.4 Å². The predicted molar refractivity (Wildman–Crippen MR) is 60.8 cm³/mol. The van der Waals surface area contributed by atoms with Gasteiger partial charge in [0.05, 0.1) is 11.6 Å². The molecule has 0 bridgehead atoms. The van der Waals surface area contributed by atoms with Crippen LogP contribution >= 0.6 is 0 Å². The van der Waals surface area contributed by atoms with E-state index in [0.29, 0.717) is 11.1 Å². The first-order chi connectivity index (χ1) is 7.79. The summed E-state index contributed by atoms with van der Waals surface area (Å²) in [7, 11) is 0. The molecule has 0 saturated heterocycles. The molecule has 0 aliphatic heterocycles. The molecule has 0 spiro atoms. The van der Waals surface area contributed by atoms with E-state index < -0.39 is 0 Å². The molecule has 82 valence electrons. The van der Waals surface area contributed by atoms with Crippen molar-refractivity contribution in [3.8, 4) is 6.07 Å². The Hall–Kier alpha value is -1.82. The maximum atomic E-state index is 11.7. The number of hydrogen-bond donors (Lipinski definition) is 1. The number of nitriles is 1. The second-order valence-corrected chi connectivity index (χ2v) is 4.18. The average molecular weight is 214 g/mol. The Bertz CT molecular complexity index is 413. The number of hydrogen-bond acceptors (Lipinski definition) is 2. The third kappa shape index (κ3) is 2.83. The zero-order valence-electron chi connectivity index (χ0n) is 9.07. The molecular weight excluding hydrogens is 200 g/mol. The van der Waals surface area contributed by atoms with E-state index in [1.807, 2.05) is 6.07 Å². The van der Waals surface area contributed by atoms with Gasteiger partial charge in [0, 0.05) is 12.1 Å². The van der Waals surface area contributed by atoms with Gasteiger partial charge in [-0.05, 0) is 36.6 Å². The minimum Gasteiger partial charge on any atom is -0.352 e. The maximum absolute atomic E-state index is 11.7. The fourth-order valence-electron chi connectivity index (χ4n) is 1.59. The van der Waals surface area contributed by atoms with Gasteiger partial charge in [0.2, 0.25) is 0 Å². The lowest BCUT2D eigenvalue weighted by Crippen LogP contribution is -2.24. The fourth-order valence-corrected chi connectivity index (χ4v) is 1.59. The number of amides is 1. The van der Waals surface area contributed by atoms with Gasteiger partial charge < -0.3 is 5.32 Å². The van der Waals surface area contributed by atoms with Gasteiger partial charge in [-0.2, -0.15) is 5.26 Å². The van der Waals surface area contributed by atoms with Crippen LogP contribution in [0.5, 0.6) is 0 Å². The maximum Gasteiger partial charge on any atom is 0.251 e. The van der Waals surface area contributed by atoms with Crippen LogP contribution in [-0.2, 0) is 0 Å². The summed E-state index contributed by atoms with van der Waals surface area (Å²) in [6.45, 7) is 0.753. The fraction of sp³-hybridized carbons (Fsp3) is 0.385. The van der Waals surface area contributed by atoms with Gasteiger partial charge in [0.15, 0.2) is 0 Å². The summed E-state index contributed by atoms with van der Waals surface area (Å²) in [5, 5.41) is 11.5. The Labute approximate surface area is 95.1 Å². The molecule has 1 N–H and O–H groups in total. The molecule has 0 radical (unpaired) electrons. The zero-order valence-corrected chi connectivity index (χ0v) is 9.07. The average Bonchev–Trinajstić information content (AvgIpc) is 3.13. The molecule has 16 heavy (non-hydrogen) atoms. The van der Waals surface area contributed by atoms with Crippen LogP contribution in [0.25, 0.3) is 0 Å². The lowest BCUT2D eigenvalue weighted by atomic mass is 10.1. The van der Waals surface area contributed by atoms with Crippen molar-refractivity contribution in [2.45, 2.75) is 19.3 Å². The van der Waals surface area contributed by atoms with Crippen molar-refractivity contribution in [1.82, 2.24) is 5.32 Å². The summed E-state index contributed by atoms with van der Waals surface area (Å²) < 4.78 is 0. The molecule has 3 nitrogen and oxygen atoms in total. The summed E-state index contributed by atoms with van der Waals surface area (Å²) in [6.07, 6.45) is 3.71. The first-order valence-corrected chi connectivity index (χ1v) is 5.58. The third-order valence-corrected chi connectivity index (χ3v) is 2.81. The van der Waals surface area contributed by atoms with Crippen LogP contribution in [0.3, 0.4) is 0 Å². The van der Waals surface area contributed by atoms with Crippen molar-refractivity contribution in [2.75, 3.05) is 6.54 Å². The van der Waals surface area contributed by atoms with Gasteiger partial charge >= 0.3 is 0 Å². The molecule has 1 saturated carbocycles. The number of carbonyl (C=O) groups is 1. The molecule has 1 aliphatic carbocycles. The molecule has 0 heterocycles. The van der Waals surface area contributed by atoms with E-state index >= 15 is 0 Å². The minimum atomic E-state index is -0.0508. The molecule has 0 unspecified atom stereocenters. The van der Waals surface area contributed by atoms with Crippen LogP contribution in [0, 0.1) is 17.2 Å². The molecule has 0 aromatic heterocycles. The van der Waals surface area contributed by atoms with Crippen LogP contribution in [0.15, 0.2) is 24.3 Å². The van der Waals surface area contributed by atoms with Crippen LogP contribution in [0.2, 0.25) is 0 Å². The van der Waals surface area contributed by atoms with E-state index in [1.165, 1.54) is 12.8 Å². The van der Waals surface area contributed by atoms with Gasteiger partial charge in [-0.3, -0.25) is 4.79 Å². The number of carbonyl (C=O) groups excluding carboxylic acids is 1. The predicted octanol–water partition coefficient (Wildman–Crippen LogP) is 2.09. The first kappa shape index (κ1) is 10.7. The number of rotatable bonds is 4. The van der Waals surface area contributed by atoms with E-state index in [0.717, 1.165) is 18.9 Å². The second kappa shape index (κ2) is 4.80. The first-order valence-electron chi connectivity index (χ1n) is 5.58. The molecule has 2 rings (SSSR count). The van der Waals surface area contributed by atoms with Crippen molar-refractivity contribution < 1.29 is 4.79 Å². The Morgan fingerprint density at radius 1 is 1.38 bits per heavy atom. The largest absolute Gasteiger partial charge is 0.352 e. The molecule has 0 atom stereocenters. The number of nitrogens with one attached hydrogen (secondary N) is 1. The number of benzene rings is 1. The van der Waals surface area contributed by atoms with E-state index in [9.17, 15) is 4.79 Å². The summed E-state index contributed by atoms with van der Waals surface area (Å²) >= 11 is 0. The Morgan fingerprint density at radius 3 is 2.62 bits per heavy atom. The van der Waals surface area contributed by atoms with Crippen LogP contribution in [0.4, 0.5) is 0 Å². The van der Waals surface area contributed by atoms with Crippen molar-refractivity contribution in [2.24, 2.45) is 5.92 Å². The lowest BCUT2D eigenvalue weighted by Gasteiger charge is -2.04. The highest BCUT2D eigenvalue weighted by molar-refractivity contribution is 5.94. The van der Waals surface area contributed by atoms with Gasteiger partial charge in [-0.1, -0.05) is 12.8 Å². The van der Waals surface area contributed by atoms with Gasteiger partial charge in [0.1, 0.15) is 0 Å². The molecule has 1 amide bonds. The monoisotopic (exact) mass is 214 g/mol. The van der Waals surface area contributed by atoms with E-state index in [-0.39, 0.29) is 5.91 Å². The normalized spacial score (nSPS) is 14.2. The summed E-state index contributed by atoms with van der Waals surface area (Å²) in [5.41, 5.74) is 1.20. The Morgan fingerprint density at radius 2 is 2.06 bits per heavy atom. The SMILES string of the molecule is N#Cc1ccc(C(=O)NCCC2CC2)cc1. The molecule has 1 fully saturated rings. The van der Waals surface area contributed by atoms with Crippen molar-refractivity contribution in [3.63, 3.8) is 0 Å². The highest BCUT2D eigenvalue weighted by Gasteiger charge is 2.20. The summed E-state index contributed by atoms with van der Waals surface area (Å²) in [5.74, 6) is 0.784. The van der Waals surface area contributed by atoms with Gasteiger partial charge in [0.25, 0.3) is 5.91 Å². The zero-order chi connectivity index (χ0) is 11.4. The quantitative estimate of drug-likeness (QED) is 0.834. The smallest absolute Gasteiger partial charge is 0.251 e. The van der Waals surface area contributed by atoms with E-state index in [2.05, 4.69) is 5.32 Å². The Kier molecular flexibility index (Phi) is 3.21. The summed E-state index contributed by atoms with van der Waals surface area (Å²) in [4.78, 5) is 11.7. The van der Waals surface area contributed by atoms with E-state index in [1.54, 1.807) is 24.3 Å².